The van der Waals surface area contributed by atoms with Crippen LogP contribution in [0.3, 0.4) is 0 Å². The lowest BCUT2D eigenvalue weighted by Gasteiger charge is -2.22. The molecule has 0 saturated heterocycles. The van der Waals surface area contributed by atoms with Gasteiger partial charge >= 0.3 is 6.18 Å². The van der Waals surface area contributed by atoms with Crippen LogP contribution in [0, 0.1) is 12.3 Å². The second-order valence-electron chi connectivity index (χ2n) is 5.58. The lowest BCUT2D eigenvalue weighted by molar-refractivity contribution is -0.138. The van der Waals surface area contributed by atoms with E-state index in [4.69, 9.17) is 15.9 Å². The van der Waals surface area contributed by atoms with Gasteiger partial charge in [-0.05, 0) is 24.3 Å². The Morgan fingerprint density at radius 3 is 2.28 bits per heavy atom. The zero-order valence-electron chi connectivity index (χ0n) is 15.4. The molecule has 10 heteroatoms. The molecular formula is C19H16F3NO5S. The third-order valence-corrected chi connectivity index (χ3v) is 5.59. The minimum absolute atomic E-state index is 0.0531. The van der Waals surface area contributed by atoms with Crippen LogP contribution in [0.5, 0.6) is 11.5 Å². The van der Waals surface area contributed by atoms with E-state index in [1.54, 1.807) is 0 Å². The van der Waals surface area contributed by atoms with Crippen LogP contribution in [-0.2, 0) is 16.2 Å². The van der Waals surface area contributed by atoms with Crippen molar-refractivity contribution in [2.45, 2.75) is 11.1 Å². The fourth-order valence-electron chi connectivity index (χ4n) is 2.50. The molecule has 0 heterocycles. The molecule has 0 aliphatic heterocycles. The first-order chi connectivity index (χ1) is 13.6. The molecule has 2 rings (SSSR count). The van der Waals surface area contributed by atoms with Crippen LogP contribution in [0.2, 0.25) is 0 Å². The molecule has 0 spiro atoms. The van der Waals surface area contributed by atoms with Crippen LogP contribution in [0.1, 0.15) is 15.9 Å². The number of alkyl halides is 3. The van der Waals surface area contributed by atoms with E-state index in [2.05, 4.69) is 0 Å². The van der Waals surface area contributed by atoms with Crippen molar-refractivity contribution in [1.29, 1.82) is 0 Å². The number of hydrogen-bond acceptors (Lipinski definition) is 5. The lowest BCUT2D eigenvalue weighted by atomic mass is 10.1. The first kappa shape index (κ1) is 22.1. The van der Waals surface area contributed by atoms with Crippen LogP contribution < -0.4 is 9.47 Å². The number of carbonyl (C=O) groups is 1. The maximum absolute atomic E-state index is 13.3. The second-order valence-corrected chi connectivity index (χ2v) is 7.44. The number of rotatable bonds is 6. The Hall–Kier alpha value is -3.19. The number of sulfonamides is 1. The summed E-state index contributed by atoms with van der Waals surface area (Å²) in [6.45, 7) is -0.762. The number of halogens is 3. The summed E-state index contributed by atoms with van der Waals surface area (Å²) < 4.78 is 76.1. The van der Waals surface area contributed by atoms with Crippen molar-refractivity contribution >= 4 is 15.9 Å². The molecule has 0 N–H and O–H groups in total. The number of amides is 1. The number of terminal acetylenes is 1. The zero-order chi connectivity index (χ0) is 21.8. The van der Waals surface area contributed by atoms with Crippen molar-refractivity contribution in [2.75, 3.05) is 20.8 Å². The molecule has 0 saturated carbocycles. The molecule has 0 aliphatic carbocycles. The Balaban J connectivity index is 2.60. The number of hydrogen-bond donors (Lipinski definition) is 0. The first-order valence-corrected chi connectivity index (χ1v) is 9.40. The molecule has 1 amide bonds. The smallest absolute Gasteiger partial charge is 0.417 e. The molecule has 0 radical (unpaired) electrons. The summed E-state index contributed by atoms with van der Waals surface area (Å²) in [5.74, 6) is 0.874. The molecule has 0 unspecified atom stereocenters. The summed E-state index contributed by atoms with van der Waals surface area (Å²) >= 11 is 0. The van der Waals surface area contributed by atoms with Crippen molar-refractivity contribution in [1.82, 2.24) is 4.31 Å². The van der Waals surface area contributed by atoms with E-state index in [0.29, 0.717) is 6.07 Å². The SMILES string of the molecule is C#CCN(C(=O)c1ccccc1C(F)(F)F)S(=O)(=O)c1ccc(OC)c(OC)c1. The van der Waals surface area contributed by atoms with E-state index in [1.165, 1.54) is 26.4 Å². The zero-order valence-corrected chi connectivity index (χ0v) is 16.2. The van der Waals surface area contributed by atoms with Gasteiger partial charge in [0.15, 0.2) is 11.5 Å². The summed E-state index contributed by atoms with van der Waals surface area (Å²) in [5.41, 5.74) is -2.10. The third kappa shape index (κ3) is 4.46. The van der Waals surface area contributed by atoms with Gasteiger partial charge < -0.3 is 9.47 Å². The Bertz CT molecular complexity index is 1060. The highest BCUT2D eigenvalue weighted by Crippen LogP contribution is 2.34. The molecule has 0 aliphatic rings. The van der Waals surface area contributed by atoms with Crippen molar-refractivity contribution in [3.63, 3.8) is 0 Å². The second kappa shape index (κ2) is 8.45. The van der Waals surface area contributed by atoms with Gasteiger partial charge in [0, 0.05) is 6.07 Å². The fourth-order valence-corrected chi connectivity index (χ4v) is 3.82. The van der Waals surface area contributed by atoms with Crippen molar-refractivity contribution in [3.05, 3.63) is 53.6 Å². The van der Waals surface area contributed by atoms with Crippen molar-refractivity contribution in [2.24, 2.45) is 0 Å². The van der Waals surface area contributed by atoms with Crippen LogP contribution in [0.25, 0.3) is 0 Å². The quantitative estimate of drug-likeness (QED) is 0.662. The van der Waals surface area contributed by atoms with Gasteiger partial charge in [0.2, 0.25) is 0 Å². The monoisotopic (exact) mass is 427 g/mol. The van der Waals surface area contributed by atoms with Gasteiger partial charge in [-0.3, -0.25) is 4.79 Å². The predicted molar refractivity (Wildman–Crippen MR) is 98.0 cm³/mol. The normalized spacial score (nSPS) is 11.4. The van der Waals surface area contributed by atoms with Gasteiger partial charge in [-0.15, -0.1) is 6.42 Å². The molecule has 0 bridgehead atoms. The molecule has 2 aromatic rings. The van der Waals surface area contributed by atoms with Gasteiger partial charge in [0.05, 0.1) is 36.8 Å². The summed E-state index contributed by atoms with van der Waals surface area (Å²) in [6.07, 6.45) is 0.310. The van der Waals surface area contributed by atoms with E-state index in [9.17, 15) is 26.4 Å². The number of carbonyl (C=O) groups excluding carboxylic acids is 1. The van der Waals surface area contributed by atoms with Gasteiger partial charge in [-0.2, -0.15) is 13.2 Å². The largest absolute Gasteiger partial charge is 0.493 e. The van der Waals surface area contributed by atoms with Crippen molar-refractivity contribution < 1.29 is 35.9 Å². The number of nitrogens with zero attached hydrogens (tertiary/aromatic N) is 1. The number of methoxy groups -OCH3 is 2. The molecule has 0 atom stereocenters. The molecular weight excluding hydrogens is 411 g/mol. The topological polar surface area (TPSA) is 72.9 Å². The molecule has 154 valence electrons. The highest BCUT2D eigenvalue weighted by atomic mass is 32.2. The van der Waals surface area contributed by atoms with E-state index in [0.717, 1.165) is 24.3 Å². The summed E-state index contributed by atoms with van der Waals surface area (Å²) in [5, 5.41) is 0. The summed E-state index contributed by atoms with van der Waals surface area (Å²) in [7, 11) is -1.97. The predicted octanol–water partition coefficient (Wildman–Crippen LogP) is 3.19. The highest BCUT2D eigenvalue weighted by molar-refractivity contribution is 7.89. The van der Waals surface area contributed by atoms with Crippen LogP contribution >= 0.6 is 0 Å². The molecule has 6 nitrogen and oxygen atoms in total. The van der Waals surface area contributed by atoms with Gasteiger partial charge in [-0.1, -0.05) is 18.1 Å². The van der Waals surface area contributed by atoms with Crippen LogP contribution in [0.4, 0.5) is 13.2 Å². The molecule has 2 aromatic carbocycles. The van der Waals surface area contributed by atoms with E-state index in [-0.39, 0.29) is 15.8 Å². The minimum Gasteiger partial charge on any atom is -0.493 e. The van der Waals surface area contributed by atoms with E-state index in [1.807, 2.05) is 5.92 Å². The summed E-state index contributed by atoms with van der Waals surface area (Å²) in [4.78, 5) is 12.4. The van der Waals surface area contributed by atoms with Gasteiger partial charge in [0.1, 0.15) is 0 Å². The lowest BCUT2D eigenvalue weighted by Crippen LogP contribution is -2.38. The highest BCUT2D eigenvalue weighted by Gasteiger charge is 2.38. The maximum atomic E-state index is 13.3. The third-order valence-electron chi connectivity index (χ3n) is 3.87. The first-order valence-electron chi connectivity index (χ1n) is 7.96. The fraction of sp³-hybridized carbons (Fsp3) is 0.211. The van der Waals surface area contributed by atoms with Crippen LogP contribution in [-0.4, -0.2) is 39.4 Å². The number of ether oxygens (including phenoxy) is 2. The van der Waals surface area contributed by atoms with Crippen LogP contribution in [0.15, 0.2) is 47.4 Å². The Kier molecular flexibility index (Phi) is 6.44. The molecule has 29 heavy (non-hydrogen) atoms. The molecule has 0 aromatic heterocycles. The number of benzene rings is 2. The molecule has 0 fully saturated rings. The average Bonchev–Trinajstić information content (AvgIpc) is 2.70. The van der Waals surface area contributed by atoms with Crippen molar-refractivity contribution in [3.8, 4) is 23.8 Å². The standard InChI is InChI=1S/C19H16F3NO5S/c1-4-11-23(18(24)14-7-5-6-8-15(14)19(20,21)22)29(25,26)13-9-10-16(27-2)17(12-13)28-3/h1,5-10,12H,11H2,2-3H3. The Labute approximate surface area is 165 Å². The van der Waals surface area contributed by atoms with E-state index < -0.39 is 44.7 Å². The van der Waals surface area contributed by atoms with Gasteiger partial charge in [0.25, 0.3) is 15.9 Å². The minimum atomic E-state index is -4.86. The average molecular weight is 427 g/mol. The Morgan fingerprint density at radius 2 is 1.72 bits per heavy atom. The maximum Gasteiger partial charge on any atom is 0.417 e. The summed E-state index contributed by atoms with van der Waals surface area (Å²) in [6, 6.07) is 7.36. The Morgan fingerprint density at radius 1 is 1.10 bits per heavy atom. The van der Waals surface area contributed by atoms with Gasteiger partial charge in [-0.25, -0.2) is 12.7 Å². The van der Waals surface area contributed by atoms with E-state index >= 15 is 0 Å².